The summed E-state index contributed by atoms with van der Waals surface area (Å²) >= 11 is 0. The molecule has 6 nitrogen and oxygen atoms in total. The first-order chi connectivity index (χ1) is 15.9. The quantitative estimate of drug-likeness (QED) is 0.597. The van der Waals surface area contributed by atoms with Crippen LogP contribution in [0.1, 0.15) is 44.1 Å². The Balaban J connectivity index is 1.30. The number of hydrogen-bond acceptors (Lipinski definition) is 4. The standard InChI is InChI=1S/C26H29N3O3S/c30-24(28-26-13-19-10-20(14-26)12-21(11-19)15-26)16-29-23-9-5-4-8-22(23)27-25(29)33(31,32)17-18-6-2-1-3-7-18/h1-9,19-21H,10-17H2,(H,28,30). The minimum atomic E-state index is -3.73. The third-order valence-corrected chi connectivity index (χ3v) is 9.42. The van der Waals surface area contributed by atoms with Crippen molar-refractivity contribution in [3.05, 3.63) is 60.2 Å². The van der Waals surface area contributed by atoms with Crippen LogP contribution in [-0.4, -0.2) is 29.4 Å². The van der Waals surface area contributed by atoms with Gasteiger partial charge in [-0.3, -0.25) is 4.79 Å². The van der Waals surface area contributed by atoms with Crippen LogP contribution >= 0.6 is 0 Å². The van der Waals surface area contributed by atoms with Gasteiger partial charge >= 0.3 is 0 Å². The van der Waals surface area contributed by atoms with Gasteiger partial charge in [-0.15, -0.1) is 0 Å². The predicted molar refractivity (Wildman–Crippen MR) is 126 cm³/mol. The fourth-order valence-electron chi connectivity index (χ4n) is 7.04. The SMILES string of the molecule is O=C(Cn1c(S(=O)(=O)Cc2ccccc2)nc2ccccc21)NC12CC3CC(CC(C3)C1)C2. The third kappa shape index (κ3) is 3.86. The molecule has 1 aromatic heterocycles. The van der Waals surface area contributed by atoms with Crippen LogP contribution in [0.15, 0.2) is 59.8 Å². The largest absolute Gasteiger partial charge is 0.349 e. The van der Waals surface area contributed by atoms with Gasteiger partial charge in [0.25, 0.3) is 0 Å². The fraction of sp³-hybridized carbons (Fsp3) is 0.462. The number of hydrogen-bond donors (Lipinski definition) is 1. The molecule has 4 bridgehead atoms. The number of para-hydroxylation sites is 2. The number of aromatic nitrogens is 2. The average Bonchev–Trinajstić information content (AvgIpc) is 3.12. The van der Waals surface area contributed by atoms with Crippen molar-refractivity contribution in [2.45, 2.75) is 61.5 Å². The smallest absolute Gasteiger partial charge is 0.240 e. The van der Waals surface area contributed by atoms with E-state index in [9.17, 15) is 13.2 Å². The highest BCUT2D eigenvalue weighted by atomic mass is 32.2. The van der Waals surface area contributed by atoms with Gasteiger partial charge in [-0.25, -0.2) is 13.4 Å². The van der Waals surface area contributed by atoms with Gasteiger partial charge in [0, 0.05) is 5.54 Å². The fourth-order valence-corrected chi connectivity index (χ4v) is 8.54. The molecule has 7 rings (SSSR count). The molecule has 4 saturated carbocycles. The zero-order valence-electron chi connectivity index (χ0n) is 18.6. The van der Waals surface area contributed by atoms with Crippen molar-refractivity contribution >= 4 is 26.8 Å². The molecule has 7 heteroatoms. The van der Waals surface area contributed by atoms with E-state index >= 15 is 0 Å². The Morgan fingerprint density at radius 1 is 0.939 bits per heavy atom. The molecule has 172 valence electrons. The second-order valence-electron chi connectivity index (χ2n) is 10.5. The summed E-state index contributed by atoms with van der Waals surface area (Å²) in [6.07, 6.45) is 7.12. The summed E-state index contributed by atoms with van der Waals surface area (Å²) in [5, 5.41) is 3.34. The van der Waals surface area contributed by atoms with Crippen LogP contribution < -0.4 is 5.32 Å². The highest BCUT2D eigenvalue weighted by Gasteiger charge is 2.51. The number of amides is 1. The summed E-state index contributed by atoms with van der Waals surface area (Å²) in [6, 6.07) is 16.4. The molecular formula is C26H29N3O3S. The molecular weight excluding hydrogens is 434 g/mol. The number of imidazole rings is 1. The molecule has 0 aliphatic heterocycles. The summed E-state index contributed by atoms with van der Waals surface area (Å²) in [5.41, 5.74) is 1.86. The van der Waals surface area contributed by atoms with E-state index in [1.54, 1.807) is 22.8 Å². The Bertz CT molecular complexity index is 1280. The van der Waals surface area contributed by atoms with E-state index in [0.29, 0.717) is 16.6 Å². The van der Waals surface area contributed by atoms with Gasteiger partial charge < -0.3 is 9.88 Å². The molecule has 4 fully saturated rings. The van der Waals surface area contributed by atoms with Crippen molar-refractivity contribution in [1.29, 1.82) is 0 Å². The zero-order chi connectivity index (χ0) is 22.6. The maximum atomic E-state index is 13.4. The molecule has 1 N–H and O–H groups in total. The van der Waals surface area contributed by atoms with Crippen LogP contribution in [0, 0.1) is 17.8 Å². The number of nitrogens with zero attached hydrogens (tertiary/aromatic N) is 2. The molecule has 0 unspecified atom stereocenters. The lowest BCUT2D eigenvalue weighted by Gasteiger charge is -2.56. The van der Waals surface area contributed by atoms with Crippen LogP contribution in [0.3, 0.4) is 0 Å². The molecule has 0 spiro atoms. The predicted octanol–water partition coefficient (Wildman–Crippen LogP) is 4.10. The summed E-state index contributed by atoms with van der Waals surface area (Å²) in [7, 11) is -3.73. The van der Waals surface area contributed by atoms with E-state index in [2.05, 4.69) is 10.3 Å². The van der Waals surface area contributed by atoms with Gasteiger partial charge in [-0.05, 0) is 74.0 Å². The van der Waals surface area contributed by atoms with Crippen molar-refractivity contribution in [3.63, 3.8) is 0 Å². The molecule has 2 aromatic carbocycles. The summed E-state index contributed by atoms with van der Waals surface area (Å²) in [5.74, 6) is 1.93. The van der Waals surface area contributed by atoms with Crippen LogP contribution in [0.5, 0.6) is 0 Å². The van der Waals surface area contributed by atoms with E-state index in [1.807, 2.05) is 36.4 Å². The zero-order valence-corrected chi connectivity index (χ0v) is 19.4. The molecule has 0 radical (unpaired) electrons. The summed E-state index contributed by atoms with van der Waals surface area (Å²) in [6.45, 7) is -0.0361. The number of nitrogens with one attached hydrogen (secondary N) is 1. The maximum Gasteiger partial charge on any atom is 0.240 e. The number of carbonyl (C=O) groups is 1. The van der Waals surface area contributed by atoms with Crippen molar-refractivity contribution in [3.8, 4) is 0 Å². The lowest BCUT2D eigenvalue weighted by Crippen LogP contribution is -2.60. The van der Waals surface area contributed by atoms with E-state index in [-0.39, 0.29) is 28.9 Å². The van der Waals surface area contributed by atoms with E-state index in [4.69, 9.17) is 0 Å². The molecule has 4 aliphatic carbocycles. The summed E-state index contributed by atoms with van der Waals surface area (Å²) in [4.78, 5) is 17.8. The lowest BCUT2D eigenvalue weighted by atomic mass is 9.53. The number of sulfone groups is 1. The third-order valence-electron chi connectivity index (χ3n) is 7.84. The molecule has 0 atom stereocenters. The number of carbonyl (C=O) groups excluding carboxylic acids is 1. The first-order valence-electron chi connectivity index (χ1n) is 11.9. The highest BCUT2D eigenvalue weighted by molar-refractivity contribution is 7.90. The Kier molecular flexibility index (Phi) is 4.87. The Morgan fingerprint density at radius 3 is 2.21 bits per heavy atom. The second-order valence-corrected chi connectivity index (χ2v) is 12.3. The van der Waals surface area contributed by atoms with Crippen LogP contribution in [0.25, 0.3) is 11.0 Å². The highest BCUT2D eigenvalue weighted by Crippen LogP contribution is 2.55. The van der Waals surface area contributed by atoms with Crippen LogP contribution in [0.4, 0.5) is 0 Å². The minimum Gasteiger partial charge on any atom is -0.349 e. The molecule has 1 amide bonds. The molecule has 3 aromatic rings. The molecule has 4 aliphatic rings. The molecule has 0 saturated heterocycles. The van der Waals surface area contributed by atoms with Gasteiger partial charge in [-0.2, -0.15) is 0 Å². The van der Waals surface area contributed by atoms with Gasteiger partial charge in [0.1, 0.15) is 6.54 Å². The average molecular weight is 464 g/mol. The maximum absolute atomic E-state index is 13.4. The van der Waals surface area contributed by atoms with Crippen LogP contribution in [-0.2, 0) is 26.9 Å². The van der Waals surface area contributed by atoms with Crippen LogP contribution in [0.2, 0.25) is 0 Å². The molecule has 1 heterocycles. The van der Waals surface area contributed by atoms with E-state index in [1.165, 1.54) is 19.3 Å². The van der Waals surface area contributed by atoms with Gasteiger partial charge in [0.15, 0.2) is 0 Å². The Hall–Kier alpha value is -2.67. The Labute approximate surface area is 194 Å². The van der Waals surface area contributed by atoms with E-state index < -0.39 is 9.84 Å². The number of rotatable bonds is 6. The summed E-state index contributed by atoms with van der Waals surface area (Å²) < 4.78 is 28.3. The van der Waals surface area contributed by atoms with Gasteiger partial charge in [-0.1, -0.05) is 42.5 Å². The second kappa shape index (κ2) is 7.69. The Morgan fingerprint density at radius 2 is 1.55 bits per heavy atom. The normalized spacial score (nSPS) is 28.3. The number of fused-ring (bicyclic) bond motifs is 1. The first-order valence-corrected chi connectivity index (χ1v) is 13.6. The number of benzene rings is 2. The van der Waals surface area contributed by atoms with Crippen molar-refractivity contribution in [1.82, 2.24) is 14.9 Å². The molecule has 33 heavy (non-hydrogen) atoms. The monoisotopic (exact) mass is 463 g/mol. The van der Waals surface area contributed by atoms with Gasteiger partial charge in [0.05, 0.1) is 16.8 Å². The van der Waals surface area contributed by atoms with Gasteiger partial charge in [0.2, 0.25) is 20.9 Å². The lowest BCUT2D eigenvalue weighted by molar-refractivity contribution is -0.127. The topological polar surface area (TPSA) is 81.1 Å². The van der Waals surface area contributed by atoms with Crippen molar-refractivity contribution < 1.29 is 13.2 Å². The minimum absolute atomic E-state index is 0.0341. The van der Waals surface area contributed by atoms with E-state index in [0.717, 1.165) is 37.0 Å². The van der Waals surface area contributed by atoms with Crippen molar-refractivity contribution in [2.75, 3.05) is 0 Å². The first kappa shape index (κ1) is 20.9. The van der Waals surface area contributed by atoms with Crippen molar-refractivity contribution in [2.24, 2.45) is 17.8 Å².